The predicted molar refractivity (Wildman–Crippen MR) is 61.2 cm³/mol. The van der Waals surface area contributed by atoms with Gasteiger partial charge in [-0.3, -0.25) is 4.79 Å². The molecular formula is C11H14N4O2. The molecule has 0 radical (unpaired) electrons. The Labute approximate surface area is 99.8 Å². The van der Waals surface area contributed by atoms with Crippen LogP contribution in [0, 0.1) is 17.2 Å². The molecule has 0 aliphatic carbocycles. The number of methoxy groups -OCH3 is 1. The summed E-state index contributed by atoms with van der Waals surface area (Å²) in [6.07, 6.45) is 0. The molecule has 0 saturated heterocycles. The second kappa shape index (κ2) is 5.80. The highest BCUT2D eigenvalue weighted by molar-refractivity contribution is 5.72. The van der Waals surface area contributed by atoms with Crippen LogP contribution in [0.3, 0.4) is 0 Å². The van der Waals surface area contributed by atoms with Crippen molar-refractivity contribution in [3.63, 3.8) is 0 Å². The molecule has 0 fully saturated rings. The van der Waals surface area contributed by atoms with Crippen molar-refractivity contribution in [2.75, 3.05) is 25.6 Å². The molecule has 0 aromatic carbocycles. The standard InChI is InChI=1S/C11H14N4O2/c1-8(11(16)17-3)7-15(2)10-5-4-9(6-12)13-14-10/h4-5,8H,7H2,1-3H3. The van der Waals surface area contributed by atoms with Gasteiger partial charge in [0.25, 0.3) is 0 Å². The summed E-state index contributed by atoms with van der Waals surface area (Å²) in [6.45, 7) is 2.26. The molecule has 0 bridgehead atoms. The van der Waals surface area contributed by atoms with E-state index in [9.17, 15) is 4.79 Å². The second-order valence-corrected chi connectivity index (χ2v) is 3.69. The smallest absolute Gasteiger partial charge is 0.310 e. The highest BCUT2D eigenvalue weighted by atomic mass is 16.5. The molecule has 0 aliphatic rings. The average molecular weight is 234 g/mol. The Morgan fingerprint density at radius 1 is 1.59 bits per heavy atom. The first-order valence-corrected chi connectivity index (χ1v) is 5.11. The first kappa shape index (κ1) is 12.9. The summed E-state index contributed by atoms with van der Waals surface area (Å²) in [5.74, 6) is 0.0978. The summed E-state index contributed by atoms with van der Waals surface area (Å²) in [5.41, 5.74) is 0.267. The molecule has 0 N–H and O–H groups in total. The number of carbonyl (C=O) groups is 1. The summed E-state index contributed by atoms with van der Waals surface area (Å²) >= 11 is 0. The number of anilines is 1. The molecule has 0 saturated carbocycles. The Morgan fingerprint density at radius 2 is 2.29 bits per heavy atom. The zero-order valence-electron chi connectivity index (χ0n) is 10.0. The molecule has 0 aliphatic heterocycles. The van der Waals surface area contributed by atoms with Crippen molar-refractivity contribution < 1.29 is 9.53 Å². The molecule has 1 aromatic heterocycles. The first-order chi connectivity index (χ1) is 8.08. The van der Waals surface area contributed by atoms with Gasteiger partial charge in [0.15, 0.2) is 11.5 Å². The minimum absolute atomic E-state index is 0.248. The molecule has 0 amide bonds. The van der Waals surface area contributed by atoms with Gasteiger partial charge < -0.3 is 9.64 Å². The molecule has 90 valence electrons. The van der Waals surface area contributed by atoms with Crippen molar-refractivity contribution in [1.82, 2.24) is 10.2 Å². The van der Waals surface area contributed by atoms with E-state index in [1.807, 2.05) is 6.07 Å². The van der Waals surface area contributed by atoms with Crippen LogP contribution in [0.5, 0.6) is 0 Å². The van der Waals surface area contributed by atoms with Gasteiger partial charge in [-0.2, -0.15) is 5.26 Å². The van der Waals surface area contributed by atoms with E-state index in [2.05, 4.69) is 14.9 Å². The Balaban J connectivity index is 2.66. The zero-order valence-corrected chi connectivity index (χ0v) is 10.0. The summed E-state index contributed by atoms with van der Waals surface area (Å²) in [4.78, 5) is 13.0. The van der Waals surface area contributed by atoms with Crippen LogP contribution in [-0.2, 0) is 9.53 Å². The predicted octanol–water partition coefficient (Wildman–Crippen LogP) is 0.594. The molecule has 17 heavy (non-hydrogen) atoms. The van der Waals surface area contributed by atoms with E-state index in [0.29, 0.717) is 12.4 Å². The van der Waals surface area contributed by atoms with E-state index in [4.69, 9.17) is 5.26 Å². The van der Waals surface area contributed by atoms with Crippen molar-refractivity contribution in [3.05, 3.63) is 17.8 Å². The molecule has 1 heterocycles. The fraction of sp³-hybridized carbons (Fsp3) is 0.455. The monoisotopic (exact) mass is 234 g/mol. The van der Waals surface area contributed by atoms with Crippen LogP contribution in [0.1, 0.15) is 12.6 Å². The third kappa shape index (κ3) is 3.41. The van der Waals surface area contributed by atoms with Gasteiger partial charge in [-0.1, -0.05) is 6.92 Å². The summed E-state index contributed by atoms with van der Waals surface area (Å²) in [5, 5.41) is 16.2. The van der Waals surface area contributed by atoms with Gasteiger partial charge >= 0.3 is 5.97 Å². The Kier molecular flexibility index (Phi) is 4.40. The molecule has 0 spiro atoms. The SMILES string of the molecule is COC(=O)C(C)CN(C)c1ccc(C#N)nn1. The van der Waals surface area contributed by atoms with E-state index < -0.39 is 0 Å². The topological polar surface area (TPSA) is 79.1 Å². The summed E-state index contributed by atoms with van der Waals surface area (Å²) in [7, 11) is 3.16. The third-order valence-corrected chi connectivity index (χ3v) is 2.31. The minimum atomic E-state index is -0.265. The average Bonchev–Trinajstić information content (AvgIpc) is 2.37. The maximum atomic E-state index is 11.3. The van der Waals surface area contributed by atoms with Crippen molar-refractivity contribution in [2.24, 2.45) is 5.92 Å². The lowest BCUT2D eigenvalue weighted by Gasteiger charge is -2.20. The molecule has 1 aromatic rings. The molecule has 6 heteroatoms. The Morgan fingerprint density at radius 3 is 2.76 bits per heavy atom. The summed E-state index contributed by atoms with van der Waals surface area (Å²) in [6, 6.07) is 5.17. The lowest BCUT2D eigenvalue weighted by Crippen LogP contribution is -2.29. The van der Waals surface area contributed by atoms with E-state index in [1.54, 1.807) is 31.0 Å². The number of hydrogen-bond donors (Lipinski definition) is 0. The number of ether oxygens (including phenoxy) is 1. The minimum Gasteiger partial charge on any atom is -0.469 e. The molecule has 1 unspecified atom stereocenters. The number of nitriles is 1. The van der Waals surface area contributed by atoms with Crippen molar-refractivity contribution in [1.29, 1.82) is 5.26 Å². The largest absolute Gasteiger partial charge is 0.469 e. The van der Waals surface area contributed by atoms with Gasteiger partial charge in [0.05, 0.1) is 13.0 Å². The maximum absolute atomic E-state index is 11.3. The van der Waals surface area contributed by atoms with Crippen LogP contribution in [0.25, 0.3) is 0 Å². The van der Waals surface area contributed by atoms with Crippen molar-refractivity contribution in [3.8, 4) is 6.07 Å². The first-order valence-electron chi connectivity index (χ1n) is 5.11. The Hall–Kier alpha value is -2.16. The fourth-order valence-corrected chi connectivity index (χ4v) is 1.37. The molecule has 1 rings (SSSR count). The molecule has 1 atom stereocenters. The number of nitrogens with zero attached hydrogens (tertiary/aromatic N) is 4. The van der Waals surface area contributed by atoms with Crippen LogP contribution in [-0.4, -0.2) is 36.9 Å². The van der Waals surface area contributed by atoms with Crippen molar-refractivity contribution >= 4 is 11.8 Å². The van der Waals surface area contributed by atoms with E-state index in [0.717, 1.165) is 0 Å². The third-order valence-electron chi connectivity index (χ3n) is 2.31. The van der Waals surface area contributed by atoms with Crippen LogP contribution >= 0.6 is 0 Å². The van der Waals surface area contributed by atoms with Gasteiger partial charge in [-0.05, 0) is 12.1 Å². The summed E-state index contributed by atoms with van der Waals surface area (Å²) < 4.78 is 4.64. The quantitative estimate of drug-likeness (QED) is 0.709. The number of hydrogen-bond acceptors (Lipinski definition) is 6. The van der Waals surface area contributed by atoms with Crippen LogP contribution in [0.15, 0.2) is 12.1 Å². The van der Waals surface area contributed by atoms with Gasteiger partial charge in [0.1, 0.15) is 6.07 Å². The second-order valence-electron chi connectivity index (χ2n) is 3.69. The lowest BCUT2D eigenvalue weighted by molar-refractivity contribution is -0.144. The van der Waals surface area contributed by atoms with Gasteiger partial charge in [0.2, 0.25) is 0 Å². The van der Waals surface area contributed by atoms with E-state index >= 15 is 0 Å². The lowest BCUT2D eigenvalue weighted by atomic mass is 10.2. The fourth-order valence-electron chi connectivity index (χ4n) is 1.37. The normalized spacial score (nSPS) is 11.4. The van der Waals surface area contributed by atoms with E-state index in [1.165, 1.54) is 7.11 Å². The number of carbonyl (C=O) groups excluding carboxylic acids is 1. The Bertz CT molecular complexity index is 424. The molecular weight excluding hydrogens is 220 g/mol. The highest BCUT2D eigenvalue weighted by Crippen LogP contribution is 2.10. The van der Waals surface area contributed by atoms with Crippen molar-refractivity contribution in [2.45, 2.75) is 6.92 Å². The van der Waals surface area contributed by atoms with E-state index in [-0.39, 0.29) is 17.6 Å². The van der Waals surface area contributed by atoms with Gasteiger partial charge in [0, 0.05) is 13.6 Å². The van der Waals surface area contributed by atoms with Crippen LogP contribution in [0.4, 0.5) is 5.82 Å². The maximum Gasteiger partial charge on any atom is 0.310 e. The highest BCUT2D eigenvalue weighted by Gasteiger charge is 2.16. The van der Waals surface area contributed by atoms with Crippen LogP contribution < -0.4 is 4.90 Å². The number of aromatic nitrogens is 2. The molecule has 6 nitrogen and oxygen atoms in total. The number of rotatable bonds is 4. The van der Waals surface area contributed by atoms with Gasteiger partial charge in [-0.15, -0.1) is 10.2 Å². The zero-order chi connectivity index (χ0) is 12.8. The number of esters is 1. The van der Waals surface area contributed by atoms with Gasteiger partial charge in [-0.25, -0.2) is 0 Å². The van der Waals surface area contributed by atoms with Crippen LogP contribution in [0.2, 0.25) is 0 Å².